The molecule has 1 aliphatic rings. The third-order valence-corrected chi connectivity index (χ3v) is 5.13. The summed E-state index contributed by atoms with van der Waals surface area (Å²) in [5.74, 6) is -1.15. The van der Waals surface area contributed by atoms with E-state index >= 15 is 0 Å². The van der Waals surface area contributed by atoms with Gasteiger partial charge in [-0.2, -0.15) is 0 Å². The first-order valence-electron chi connectivity index (χ1n) is 11.0. The van der Waals surface area contributed by atoms with Crippen molar-refractivity contribution in [1.29, 1.82) is 0 Å². The lowest BCUT2D eigenvalue weighted by atomic mass is 10.1. The molecule has 1 aromatic heterocycles. The molecule has 10 nitrogen and oxygen atoms in total. The van der Waals surface area contributed by atoms with Crippen LogP contribution in [0.1, 0.15) is 18.4 Å². The zero-order valence-electron chi connectivity index (χ0n) is 18.7. The molecule has 1 saturated heterocycles. The first-order valence-corrected chi connectivity index (χ1v) is 11.0. The summed E-state index contributed by atoms with van der Waals surface area (Å²) in [6, 6.07) is 13.1. The summed E-state index contributed by atoms with van der Waals surface area (Å²) >= 11 is 0. The van der Waals surface area contributed by atoms with Crippen LogP contribution >= 0.6 is 0 Å². The zero-order chi connectivity index (χ0) is 24.6. The molecule has 0 radical (unpaired) electrons. The van der Waals surface area contributed by atoms with Gasteiger partial charge in [-0.05, 0) is 30.5 Å². The van der Waals surface area contributed by atoms with Gasteiger partial charge >= 0.3 is 12.1 Å². The Hall–Kier alpha value is -4.54. The first-order chi connectivity index (χ1) is 17.0. The number of ether oxygens (including phenoxy) is 1. The van der Waals surface area contributed by atoms with Crippen LogP contribution in [0.4, 0.5) is 25.5 Å². The van der Waals surface area contributed by atoms with Gasteiger partial charge in [0, 0.05) is 30.9 Å². The van der Waals surface area contributed by atoms with Crippen molar-refractivity contribution in [2.45, 2.75) is 19.3 Å². The Morgan fingerprint density at radius 1 is 0.971 bits per heavy atom. The number of imide groups is 1. The minimum Gasteiger partial charge on any atom is -0.436 e. The van der Waals surface area contributed by atoms with Gasteiger partial charge in [0.2, 0.25) is 11.8 Å². The topological polar surface area (TPSA) is 126 Å². The molecular formula is C24H23FN6O4. The molecule has 35 heavy (non-hydrogen) atoms. The molecule has 0 spiro atoms. The lowest BCUT2D eigenvalue weighted by Crippen LogP contribution is -2.35. The van der Waals surface area contributed by atoms with Gasteiger partial charge in [-0.15, -0.1) is 0 Å². The second-order valence-corrected chi connectivity index (χ2v) is 7.78. The quantitative estimate of drug-likeness (QED) is 0.493. The van der Waals surface area contributed by atoms with Crippen LogP contribution in [0.15, 0.2) is 60.9 Å². The number of halogens is 1. The van der Waals surface area contributed by atoms with E-state index in [0.29, 0.717) is 13.1 Å². The number of anilines is 2. The summed E-state index contributed by atoms with van der Waals surface area (Å²) in [5, 5.41) is 7.27. The molecule has 2 aromatic carbocycles. The van der Waals surface area contributed by atoms with Crippen molar-refractivity contribution in [2.24, 2.45) is 0 Å². The van der Waals surface area contributed by atoms with Crippen LogP contribution < -0.4 is 20.7 Å². The summed E-state index contributed by atoms with van der Waals surface area (Å²) in [4.78, 5) is 45.9. The van der Waals surface area contributed by atoms with Gasteiger partial charge in [0.25, 0.3) is 0 Å². The summed E-state index contributed by atoms with van der Waals surface area (Å²) in [6.45, 7) is 1.37. The monoisotopic (exact) mass is 478 g/mol. The van der Waals surface area contributed by atoms with E-state index in [1.807, 2.05) is 6.07 Å². The number of amides is 5. The Bertz CT molecular complexity index is 1220. The highest BCUT2D eigenvalue weighted by Crippen LogP contribution is 2.26. The van der Waals surface area contributed by atoms with Gasteiger partial charge in [0.1, 0.15) is 12.1 Å². The van der Waals surface area contributed by atoms with E-state index in [1.54, 1.807) is 29.2 Å². The van der Waals surface area contributed by atoms with Gasteiger partial charge in [-0.1, -0.05) is 30.3 Å². The van der Waals surface area contributed by atoms with Gasteiger partial charge in [0.05, 0.1) is 6.42 Å². The minimum atomic E-state index is -0.784. The van der Waals surface area contributed by atoms with Crippen molar-refractivity contribution in [1.82, 2.24) is 20.2 Å². The maximum Gasteiger partial charge on any atom is 0.325 e. The normalized spacial score (nSPS) is 12.7. The molecule has 0 aliphatic carbocycles. The number of urea groups is 2. The maximum atomic E-state index is 14.6. The fourth-order valence-corrected chi connectivity index (χ4v) is 3.46. The van der Waals surface area contributed by atoms with E-state index in [-0.39, 0.29) is 35.6 Å². The fourth-order valence-electron chi connectivity index (χ4n) is 3.46. The number of likely N-dealkylation sites (tertiary alicyclic amines) is 1. The van der Waals surface area contributed by atoms with Crippen molar-refractivity contribution >= 4 is 29.5 Å². The molecule has 0 atom stereocenters. The molecule has 0 bridgehead atoms. The summed E-state index contributed by atoms with van der Waals surface area (Å²) in [6.07, 6.45) is 3.15. The second-order valence-electron chi connectivity index (χ2n) is 7.78. The number of carbonyl (C=O) groups excluding carboxylic acids is 3. The second kappa shape index (κ2) is 11.1. The molecule has 4 rings (SSSR count). The van der Waals surface area contributed by atoms with Crippen molar-refractivity contribution < 1.29 is 23.5 Å². The molecule has 0 unspecified atom stereocenters. The molecule has 1 aliphatic heterocycles. The van der Waals surface area contributed by atoms with Gasteiger partial charge < -0.3 is 15.0 Å². The van der Waals surface area contributed by atoms with Crippen molar-refractivity contribution in [3.8, 4) is 11.6 Å². The minimum absolute atomic E-state index is 0.0283. The van der Waals surface area contributed by atoms with Crippen LogP contribution in [0.2, 0.25) is 0 Å². The summed E-state index contributed by atoms with van der Waals surface area (Å²) in [7, 11) is 0. The zero-order valence-corrected chi connectivity index (χ0v) is 18.7. The van der Waals surface area contributed by atoms with Gasteiger partial charge in [-0.25, -0.2) is 23.9 Å². The number of nitrogens with zero attached hydrogens (tertiary/aromatic N) is 3. The lowest BCUT2D eigenvalue weighted by Gasteiger charge is -2.15. The molecule has 180 valence electrons. The van der Waals surface area contributed by atoms with E-state index in [0.717, 1.165) is 24.5 Å². The van der Waals surface area contributed by atoms with E-state index in [2.05, 4.69) is 25.9 Å². The molecule has 0 saturated carbocycles. The van der Waals surface area contributed by atoms with Crippen LogP contribution in [-0.2, 0) is 11.2 Å². The van der Waals surface area contributed by atoms with Crippen LogP contribution in [0.3, 0.4) is 0 Å². The number of aromatic nitrogens is 2. The van der Waals surface area contributed by atoms with Crippen LogP contribution in [-0.4, -0.2) is 45.9 Å². The van der Waals surface area contributed by atoms with E-state index in [1.165, 1.54) is 24.5 Å². The number of carbonyl (C=O) groups is 3. The highest BCUT2D eigenvalue weighted by molar-refractivity contribution is 6.01. The Balaban J connectivity index is 1.32. The third-order valence-electron chi connectivity index (χ3n) is 5.13. The molecule has 11 heteroatoms. The lowest BCUT2D eigenvalue weighted by molar-refractivity contribution is -0.119. The van der Waals surface area contributed by atoms with E-state index in [4.69, 9.17) is 4.74 Å². The molecule has 3 N–H and O–H groups in total. The largest absolute Gasteiger partial charge is 0.436 e. The van der Waals surface area contributed by atoms with Crippen molar-refractivity contribution in [2.75, 3.05) is 23.7 Å². The number of rotatable bonds is 6. The Morgan fingerprint density at radius 2 is 1.74 bits per heavy atom. The SMILES string of the molecule is O=C(Cc1ccccc1)NC(=O)Nc1ccc(Oc2cc(NC(=O)N3CCCC3)ncn2)c(F)c1. The molecule has 1 fully saturated rings. The van der Waals surface area contributed by atoms with Gasteiger partial charge in [0.15, 0.2) is 11.6 Å². The predicted octanol–water partition coefficient (Wildman–Crippen LogP) is 3.93. The Kier molecular flexibility index (Phi) is 7.46. The highest BCUT2D eigenvalue weighted by atomic mass is 19.1. The molecule has 3 aromatic rings. The standard InChI is InChI=1S/C24H23FN6O4/c25-18-13-17(28-23(33)30-21(32)12-16-6-2-1-3-7-16)8-9-19(18)35-22-14-20(26-15-27-22)29-24(34)31-10-4-5-11-31/h1-3,6-9,13-15H,4-5,10-12H2,(H,26,27,29,34)(H2,28,30,32,33). The number of hydrogen-bond donors (Lipinski definition) is 3. The smallest absolute Gasteiger partial charge is 0.325 e. The molecular weight excluding hydrogens is 455 g/mol. The first kappa shape index (κ1) is 23.6. The average molecular weight is 478 g/mol. The predicted molar refractivity (Wildman–Crippen MR) is 126 cm³/mol. The Labute approximate surface area is 200 Å². The van der Waals surface area contributed by atoms with Crippen LogP contribution in [0.5, 0.6) is 11.6 Å². The summed E-state index contributed by atoms with van der Waals surface area (Å²) in [5.41, 5.74) is 0.884. The Morgan fingerprint density at radius 3 is 2.49 bits per heavy atom. The number of nitrogens with one attached hydrogen (secondary N) is 3. The van der Waals surface area contributed by atoms with E-state index < -0.39 is 17.8 Å². The molecule has 2 heterocycles. The van der Waals surface area contributed by atoms with Crippen molar-refractivity contribution in [3.63, 3.8) is 0 Å². The van der Waals surface area contributed by atoms with E-state index in [9.17, 15) is 18.8 Å². The van der Waals surface area contributed by atoms with Gasteiger partial charge in [-0.3, -0.25) is 15.4 Å². The maximum absolute atomic E-state index is 14.6. The highest BCUT2D eigenvalue weighted by Gasteiger charge is 2.18. The third kappa shape index (κ3) is 6.73. The fraction of sp³-hybridized carbons (Fsp3) is 0.208. The number of hydrogen-bond acceptors (Lipinski definition) is 6. The van der Waals surface area contributed by atoms with Crippen LogP contribution in [0, 0.1) is 5.82 Å². The molecule has 5 amide bonds. The van der Waals surface area contributed by atoms with Crippen molar-refractivity contribution in [3.05, 3.63) is 72.3 Å². The average Bonchev–Trinajstić information content (AvgIpc) is 3.37. The summed E-state index contributed by atoms with van der Waals surface area (Å²) < 4.78 is 20.0. The number of benzene rings is 2. The van der Waals surface area contributed by atoms with Crippen LogP contribution in [0.25, 0.3) is 0 Å².